The Hall–Kier alpha value is -1.79. The number of aliphatic hydroxyl groups excluding tert-OH is 2. The van der Waals surface area contributed by atoms with E-state index in [1.807, 2.05) is 0 Å². The molecule has 1 atom stereocenters. The Kier molecular flexibility index (Phi) is 4.10. The second-order valence-electron chi connectivity index (χ2n) is 3.25. The molecule has 0 fully saturated rings. The second kappa shape index (κ2) is 5.34. The van der Waals surface area contributed by atoms with E-state index in [2.05, 4.69) is 5.32 Å². The average Bonchev–Trinajstić information content (AvgIpc) is 2.26. The summed E-state index contributed by atoms with van der Waals surface area (Å²) in [5, 5.41) is 38.3. The van der Waals surface area contributed by atoms with Gasteiger partial charge in [-0.3, -0.25) is 0 Å². The van der Waals surface area contributed by atoms with E-state index in [9.17, 15) is 4.79 Å². The van der Waals surface area contributed by atoms with Crippen molar-refractivity contribution in [2.75, 3.05) is 18.5 Å². The summed E-state index contributed by atoms with van der Waals surface area (Å²) in [6, 6.07) is 3.83. The number of benzene rings is 1. The first-order valence-corrected chi connectivity index (χ1v) is 4.63. The lowest BCUT2D eigenvalue weighted by atomic mass is 10.1. The van der Waals surface area contributed by atoms with Gasteiger partial charge in [0, 0.05) is 12.2 Å². The molecule has 0 bridgehead atoms. The molecular weight excluding hydrogens is 214 g/mol. The van der Waals surface area contributed by atoms with E-state index in [-0.39, 0.29) is 23.5 Å². The predicted molar refractivity (Wildman–Crippen MR) is 56.6 cm³/mol. The third-order valence-electron chi connectivity index (χ3n) is 1.97. The SMILES string of the molecule is O=C(O)c1cc(O)ccc1NCC(O)CO. The third kappa shape index (κ3) is 3.11. The maximum Gasteiger partial charge on any atom is 0.337 e. The lowest BCUT2D eigenvalue weighted by Gasteiger charge is -2.12. The van der Waals surface area contributed by atoms with E-state index in [1.165, 1.54) is 12.1 Å². The predicted octanol–water partition coefficient (Wildman–Crippen LogP) is -0.145. The number of phenols is 1. The summed E-state index contributed by atoms with van der Waals surface area (Å²) in [4.78, 5) is 10.8. The number of carboxylic acids is 1. The molecule has 0 amide bonds. The highest BCUT2D eigenvalue weighted by atomic mass is 16.4. The highest BCUT2D eigenvalue weighted by Crippen LogP contribution is 2.21. The van der Waals surface area contributed by atoms with Crippen molar-refractivity contribution in [3.05, 3.63) is 23.8 Å². The van der Waals surface area contributed by atoms with Crippen LogP contribution < -0.4 is 5.32 Å². The fourth-order valence-electron chi connectivity index (χ4n) is 1.16. The first-order valence-electron chi connectivity index (χ1n) is 4.63. The number of nitrogens with one attached hydrogen (secondary N) is 1. The molecule has 0 radical (unpaired) electrons. The first kappa shape index (κ1) is 12.3. The first-order chi connectivity index (χ1) is 7.54. The van der Waals surface area contributed by atoms with Crippen molar-refractivity contribution in [3.8, 4) is 5.75 Å². The molecule has 0 heterocycles. The van der Waals surface area contributed by atoms with Crippen LogP contribution in [0.25, 0.3) is 0 Å². The zero-order valence-electron chi connectivity index (χ0n) is 8.42. The molecule has 0 aliphatic rings. The van der Waals surface area contributed by atoms with Crippen LogP contribution >= 0.6 is 0 Å². The van der Waals surface area contributed by atoms with Gasteiger partial charge in [0.25, 0.3) is 0 Å². The van der Waals surface area contributed by atoms with E-state index >= 15 is 0 Å². The van der Waals surface area contributed by atoms with Gasteiger partial charge in [0.1, 0.15) is 5.75 Å². The van der Waals surface area contributed by atoms with Crippen LogP contribution in [0.5, 0.6) is 5.75 Å². The highest BCUT2D eigenvalue weighted by Gasteiger charge is 2.11. The summed E-state index contributed by atoms with van der Waals surface area (Å²) >= 11 is 0. The molecule has 6 nitrogen and oxygen atoms in total. The van der Waals surface area contributed by atoms with Crippen molar-refractivity contribution in [1.82, 2.24) is 0 Å². The number of anilines is 1. The van der Waals surface area contributed by atoms with Crippen LogP contribution in [0.2, 0.25) is 0 Å². The molecule has 0 aromatic heterocycles. The minimum absolute atomic E-state index is 0.0293. The van der Waals surface area contributed by atoms with Gasteiger partial charge in [0.05, 0.1) is 18.3 Å². The van der Waals surface area contributed by atoms with E-state index in [0.717, 1.165) is 6.07 Å². The maximum atomic E-state index is 10.8. The Morgan fingerprint density at radius 1 is 1.44 bits per heavy atom. The van der Waals surface area contributed by atoms with E-state index < -0.39 is 18.7 Å². The number of rotatable bonds is 5. The molecule has 6 heteroatoms. The molecule has 1 rings (SSSR count). The van der Waals surface area contributed by atoms with Gasteiger partial charge in [-0.05, 0) is 18.2 Å². The molecule has 0 saturated carbocycles. The molecule has 0 aliphatic carbocycles. The van der Waals surface area contributed by atoms with Crippen LogP contribution in [-0.4, -0.2) is 45.7 Å². The quantitative estimate of drug-likeness (QED) is 0.448. The molecule has 16 heavy (non-hydrogen) atoms. The summed E-state index contributed by atoms with van der Waals surface area (Å²) in [6.45, 7) is -0.380. The second-order valence-corrected chi connectivity index (χ2v) is 3.25. The molecule has 1 aromatic rings. The van der Waals surface area contributed by atoms with Gasteiger partial charge in [0.2, 0.25) is 0 Å². The van der Waals surface area contributed by atoms with Gasteiger partial charge in [-0.25, -0.2) is 4.79 Å². The maximum absolute atomic E-state index is 10.8. The van der Waals surface area contributed by atoms with Crippen LogP contribution in [0.15, 0.2) is 18.2 Å². The smallest absolute Gasteiger partial charge is 0.337 e. The van der Waals surface area contributed by atoms with Crippen LogP contribution in [0.3, 0.4) is 0 Å². The van der Waals surface area contributed by atoms with Crippen LogP contribution in [0, 0.1) is 0 Å². The van der Waals surface area contributed by atoms with E-state index in [4.69, 9.17) is 20.4 Å². The van der Waals surface area contributed by atoms with Gasteiger partial charge in [-0.2, -0.15) is 0 Å². The zero-order chi connectivity index (χ0) is 12.1. The van der Waals surface area contributed by atoms with Crippen molar-refractivity contribution < 1.29 is 25.2 Å². The number of aromatic hydroxyl groups is 1. The fraction of sp³-hybridized carbons (Fsp3) is 0.300. The fourth-order valence-corrected chi connectivity index (χ4v) is 1.16. The van der Waals surface area contributed by atoms with Gasteiger partial charge >= 0.3 is 5.97 Å². The molecule has 1 unspecified atom stereocenters. The Balaban J connectivity index is 2.82. The van der Waals surface area contributed by atoms with Crippen LogP contribution in [0.4, 0.5) is 5.69 Å². The standard InChI is InChI=1S/C10H13NO5/c12-5-7(14)4-11-9-2-1-6(13)3-8(9)10(15)16/h1-3,7,11-14H,4-5H2,(H,15,16). The van der Waals surface area contributed by atoms with Crippen molar-refractivity contribution in [2.45, 2.75) is 6.10 Å². The minimum atomic E-state index is -1.18. The molecule has 0 saturated heterocycles. The number of aromatic carboxylic acids is 1. The summed E-state index contributed by atoms with van der Waals surface area (Å²) < 4.78 is 0. The zero-order valence-corrected chi connectivity index (χ0v) is 8.42. The van der Waals surface area contributed by atoms with Crippen molar-refractivity contribution in [1.29, 1.82) is 0 Å². The topological polar surface area (TPSA) is 110 Å². The van der Waals surface area contributed by atoms with Crippen molar-refractivity contribution >= 4 is 11.7 Å². The Morgan fingerprint density at radius 3 is 2.69 bits per heavy atom. The average molecular weight is 227 g/mol. The number of phenolic OH excluding ortho intramolecular Hbond substituents is 1. The molecule has 0 spiro atoms. The minimum Gasteiger partial charge on any atom is -0.508 e. The van der Waals surface area contributed by atoms with Gasteiger partial charge in [-0.15, -0.1) is 0 Å². The van der Waals surface area contributed by atoms with E-state index in [0.29, 0.717) is 0 Å². The molecular formula is C10H13NO5. The lowest BCUT2D eigenvalue weighted by molar-refractivity contribution is 0.0697. The van der Waals surface area contributed by atoms with Crippen LogP contribution in [-0.2, 0) is 0 Å². The van der Waals surface area contributed by atoms with Crippen LogP contribution in [0.1, 0.15) is 10.4 Å². The normalized spacial score (nSPS) is 12.1. The summed E-state index contributed by atoms with van der Waals surface area (Å²) in [5.74, 6) is -1.33. The van der Waals surface area contributed by atoms with E-state index in [1.54, 1.807) is 0 Å². The Labute approximate surface area is 91.8 Å². The summed E-state index contributed by atoms with van der Waals surface area (Å²) in [7, 11) is 0. The number of hydrogen-bond donors (Lipinski definition) is 5. The Bertz CT molecular complexity index is 379. The lowest BCUT2D eigenvalue weighted by Crippen LogP contribution is -2.23. The third-order valence-corrected chi connectivity index (χ3v) is 1.97. The number of hydrogen-bond acceptors (Lipinski definition) is 5. The van der Waals surface area contributed by atoms with Gasteiger partial charge < -0.3 is 25.7 Å². The monoisotopic (exact) mass is 227 g/mol. The number of carbonyl (C=O) groups is 1. The molecule has 1 aromatic carbocycles. The van der Waals surface area contributed by atoms with Crippen molar-refractivity contribution in [3.63, 3.8) is 0 Å². The summed E-state index contributed by atoms with van der Waals surface area (Å²) in [5.41, 5.74) is 0.183. The molecule has 88 valence electrons. The van der Waals surface area contributed by atoms with Gasteiger partial charge in [0.15, 0.2) is 0 Å². The highest BCUT2D eigenvalue weighted by molar-refractivity contribution is 5.94. The number of carboxylic acid groups (broad SMARTS) is 1. The van der Waals surface area contributed by atoms with Gasteiger partial charge in [-0.1, -0.05) is 0 Å². The number of aliphatic hydroxyl groups is 2. The van der Waals surface area contributed by atoms with Crippen molar-refractivity contribution in [2.24, 2.45) is 0 Å². The largest absolute Gasteiger partial charge is 0.508 e. The summed E-state index contributed by atoms with van der Waals surface area (Å²) in [6.07, 6.45) is -0.963. The Morgan fingerprint density at radius 2 is 2.12 bits per heavy atom. The molecule has 5 N–H and O–H groups in total. The molecule has 0 aliphatic heterocycles.